The summed E-state index contributed by atoms with van der Waals surface area (Å²) in [5.74, 6) is -0.137. The fourth-order valence-electron chi connectivity index (χ4n) is 2.60. The first-order valence-corrected chi connectivity index (χ1v) is 8.61. The van der Waals surface area contributed by atoms with Gasteiger partial charge in [-0.1, -0.05) is 50.3 Å². The molecule has 0 aliphatic rings. The van der Waals surface area contributed by atoms with Crippen molar-refractivity contribution in [3.05, 3.63) is 76.4 Å². The molecule has 0 heterocycles. The Morgan fingerprint density at radius 3 is 1.88 bits per heavy atom. The van der Waals surface area contributed by atoms with E-state index >= 15 is 0 Å². The van der Waals surface area contributed by atoms with Crippen LogP contribution in [0.25, 0.3) is 6.08 Å². The van der Waals surface area contributed by atoms with Gasteiger partial charge in [0.25, 0.3) is 5.91 Å². The number of hydrogen-bond acceptors (Lipinski definition) is 2. The summed E-state index contributed by atoms with van der Waals surface area (Å²) >= 11 is 0. The van der Waals surface area contributed by atoms with Crippen LogP contribution in [0.1, 0.15) is 51.3 Å². The smallest absolute Gasteiger partial charge is 0.253 e. The normalized spacial score (nSPS) is 10.9. The van der Waals surface area contributed by atoms with Gasteiger partial charge in [-0.15, -0.1) is 0 Å². The first-order chi connectivity index (χ1) is 11.9. The number of hydrogen-bond donors (Lipinski definition) is 0. The van der Waals surface area contributed by atoms with E-state index in [1.54, 1.807) is 44.4 Å². The number of allylic oxidation sites excluding steroid dienone is 1. The summed E-state index contributed by atoms with van der Waals surface area (Å²) < 4.78 is 0. The lowest BCUT2D eigenvalue weighted by atomic mass is 10.0. The van der Waals surface area contributed by atoms with Crippen molar-refractivity contribution in [2.75, 3.05) is 14.1 Å². The van der Waals surface area contributed by atoms with Crippen molar-refractivity contribution < 1.29 is 9.59 Å². The van der Waals surface area contributed by atoms with E-state index in [2.05, 4.69) is 32.0 Å². The number of amides is 1. The van der Waals surface area contributed by atoms with Gasteiger partial charge in [0.05, 0.1) is 0 Å². The Morgan fingerprint density at radius 2 is 1.40 bits per heavy atom. The fraction of sp³-hybridized carbons (Fsp3) is 0.273. The van der Waals surface area contributed by atoms with Crippen molar-refractivity contribution in [1.29, 1.82) is 0 Å². The number of ketones is 1. The first kappa shape index (κ1) is 18.7. The molecule has 0 radical (unpaired) electrons. The molecular formula is C22H25NO2. The lowest BCUT2D eigenvalue weighted by Crippen LogP contribution is -2.21. The van der Waals surface area contributed by atoms with Gasteiger partial charge < -0.3 is 4.90 Å². The van der Waals surface area contributed by atoms with Crippen LogP contribution >= 0.6 is 0 Å². The molecule has 0 aliphatic heterocycles. The van der Waals surface area contributed by atoms with E-state index in [-0.39, 0.29) is 11.7 Å². The fourth-order valence-corrected chi connectivity index (χ4v) is 2.60. The summed E-state index contributed by atoms with van der Waals surface area (Å²) in [7, 11) is 3.41. The molecule has 0 N–H and O–H groups in total. The predicted molar refractivity (Wildman–Crippen MR) is 103 cm³/mol. The largest absolute Gasteiger partial charge is 0.345 e. The highest BCUT2D eigenvalue weighted by atomic mass is 16.2. The van der Waals surface area contributed by atoms with Crippen LogP contribution in [0.3, 0.4) is 0 Å². The minimum atomic E-state index is -0.0713. The summed E-state index contributed by atoms with van der Waals surface area (Å²) in [4.78, 5) is 25.8. The van der Waals surface area contributed by atoms with E-state index < -0.39 is 0 Å². The van der Waals surface area contributed by atoms with Gasteiger partial charge in [0.1, 0.15) is 0 Å². The molecule has 0 saturated carbocycles. The molecule has 2 rings (SSSR count). The lowest BCUT2D eigenvalue weighted by Gasteiger charge is -2.10. The summed E-state index contributed by atoms with van der Waals surface area (Å²) in [5, 5.41) is 0. The van der Waals surface area contributed by atoms with Crippen molar-refractivity contribution in [2.24, 2.45) is 0 Å². The van der Waals surface area contributed by atoms with Crippen molar-refractivity contribution in [1.82, 2.24) is 4.90 Å². The highest BCUT2D eigenvalue weighted by molar-refractivity contribution is 6.07. The standard InChI is InChI=1S/C22H25NO2/c1-5-16-13-17(6-2)15-18(14-16)7-12-21(24)19-8-10-20(11-9-19)22(25)23(3)4/h7-15H,5-6H2,1-4H3. The van der Waals surface area contributed by atoms with Crippen LogP contribution in [0.4, 0.5) is 0 Å². The highest BCUT2D eigenvalue weighted by Gasteiger charge is 2.09. The van der Waals surface area contributed by atoms with Crippen molar-refractivity contribution in [3.63, 3.8) is 0 Å². The molecule has 0 aromatic heterocycles. The lowest BCUT2D eigenvalue weighted by molar-refractivity contribution is 0.0827. The average molecular weight is 335 g/mol. The number of carbonyl (C=O) groups is 2. The second kappa shape index (κ2) is 8.43. The SMILES string of the molecule is CCc1cc(C=CC(=O)c2ccc(C(=O)N(C)C)cc2)cc(CC)c1. The maximum Gasteiger partial charge on any atom is 0.253 e. The van der Waals surface area contributed by atoms with Gasteiger partial charge in [0.15, 0.2) is 5.78 Å². The van der Waals surface area contributed by atoms with E-state index in [0.29, 0.717) is 11.1 Å². The minimum absolute atomic E-state index is 0.0659. The third-order valence-electron chi connectivity index (χ3n) is 4.14. The molecule has 0 atom stereocenters. The van der Waals surface area contributed by atoms with Crippen LogP contribution in [-0.4, -0.2) is 30.7 Å². The average Bonchev–Trinajstić information content (AvgIpc) is 2.65. The number of carbonyl (C=O) groups excluding carboxylic acids is 2. The molecule has 2 aromatic rings. The van der Waals surface area contributed by atoms with E-state index in [9.17, 15) is 9.59 Å². The second-order valence-corrected chi connectivity index (χ2v) is 6.26. The van der Waals surface area contributed by atoms with Crippen LogP contribution in [0.2, 0.25) is 0 Å². The molecule has 0 unspecified atom stereocenters. The van der Waals surface area contributed by atoms with Gasteiger partial charge in [-0.2, -0.15) is 0 Å². The third-order valence-corrected chi connectivity index (χ3v) is 4.14. The molecule has 25 heavy (non-hydrogen) atoms. The zero-order valence-corrected chi connectivity index (χ0v) is 15.4. The van der Waals surface area contributed by atoms with Crippen molar-refractivity contribution in [2.45, 2.75) is 26.7 Å². The maximum absolute atomic E-state index is 12.4. The van der Waals surface area contributed by atoms with Crippen LogP contribution in [0.5, 0.6) is 0 Å². The Balaban J connectivity index is 2.16. The van der Waals surface area contributed by atoms with Crippen LogP contribution < -0.4 is 0 Å². The van der Waals surface area contributed by atoms with Gasteiger partial charge in [0.2, 0.25) is 0 Å². The monoisotopic (exact) mass is 335 g/mol. The van der Waals surface area contributed by atoms with Crippen molar-refractivity contribution >= 4 is 17.8 Å². The number of aryl methyl sites for hydroxylation is 2. The minimum Gasteiger partial charge on any atom is -0.345 e. The number of benzene rings is 2. The highest BCUT2D eigenvalue weighted by Crippen LogP contribution is 2.14. The van der Waals surface area contributed by atoms with E-state index in [4.69, 9.17) is 0 Å². The molecular weight excluding hydrogens is 310 g/mol. The predicted octanol–water partition coefficient (Wildman–Crippen LogP) is 4.41. The zero-order valence-electron chi connectivity index (χ0n) is 15.4. The molecule has 1 amide bonds. The Hall–Kier alpha value is -2.68. The molecule has 0 saturated heterocycles. The molecule has 2 aromatic carbocycles. The summed E-state index contributed by atoms with van der Waals surface area (Å²) in [6.45, 7) is 4.26. The van der Waals surface area contributed by atoms with Crippen LogP contribution in [0.15, 0.2) is 48.5 Å². The number of rotatable bonds is 6. The molecule has 3 nitrogen and oxygen atoms in total. The molecule has 0 spiro atoms. The zero-order chi connectivity index (χ0) is 18.4. The van der Waals surface area contributed by atoms with Gasteiger partial charge in [-0.25, -0.2) is 0 Å². The third kappa shape index (κ3) is 4.90. The topological polar surface area (TPSA) is 37.4 Å². The van der Waals surface area contributed by atoms with Gasteiger partial charge in [-0.05, 0) is 47.7 Å². The number of nitrogens with zero attached hydrogens (tertiary/aromatic N) is 1. The molecule has 130 valence electrons. The van der Waals surface area contributed by atoms with Gasteiger partial charge in [0, 0.05) is 25.2 Å². The van der Waals surface area contributed by atoms with Crippen molar-refractivity contribution in [3.8, 4) is 0 Å². The van der Waals surface area contributed by atoms with Crippen LogP contribution in [0, 0.1) is 0 Å². The molecule has 0 bridgehead atoms. The maximum atomic E-state index is 12.4. The Morgan fingerprint density at radius 1 is 0.880 bits per heavy atom. The Bertz CT molecular complexity index is 764. The summed E-state index contributed by atoms with van der Waals surface area (Å²) in [6.07, 6.45) is 5.41. The Kier molecular flexibility index (Phi) is 6.29. The first-order valence-electron chi connectivity index (χ1n) is 8.61. The quantitative estimate of drug-likeness (QED) is 0.579. The van der Waals surface area contributed by atoms with E-state index in [0.717, 1.165) is 18.4 Å². The molecule has 3 heteroatoms. The molecule has 0 aliphatic carbocycles. The summed E-state index contributed by atoms with van der Waals surface area (Å²) in [6, 6.07) is 13.2. The van der Waals surface area contributed by atoms with Crippen LogP contribution in [-0.2, 0) is 12.8 Å². The van der Waals surface area contributed by atoms with Gasteiger partial charge >= 0.3 is 0 Å². The Labute approximate surface area is 150 Å². The summed E-state index contributed by atoms with van der Waals surface area (Å²) in [5.41, 5.74) is 4.75. The molecule has 0 fully saturated rings. The second-order valence-electron chi connectivity index (χ2n) is 6.26. The van der Waals surface area contributed by atoms with Gasteiger partial charge in [-0.3, -0.25) is 9.59 Å². The van der Waals surface area contributed by atoms with E-state index in [1.165, 1.54) is 16.0 Å². The van der Waals surface area contributed by atoms with E-state index in [1.807, 2.05) is 6.08 Å².